The van der Waals surface area contributed by atoms with Gasteiger partial charge >= 0.3 is 6.18 Å². The van der Waals surface area contributed by atoms with Crippen molar-refractivity contribution in [2.24, 2.45) is 0 Å². The number of hydrogen-bond acceptors (Lipinski definition) is 1. The number of fused-ring (bicyclic) bond motifs is 1. The van der Waals surface area contributed by atoms with Gasteiger partial charge in [-0.2, -0.15) is 13.2 Å². The van der Waals surface area contributed by atoms with Crippen LogP contribution in [0.5, 0.6) is 0 Å². The number of aryl methyl sites for hydroxylation is 2. The van der Waals surface area contributed by atoms with E-state index < -0.39 is 23.4 Å². The summed E-state index contributed by atoms with van der Waals surface area (Å²) in [5.41, 5.74) is 2.47. The molecule has 0 spiro atoms. The molecule has 6 heteroatoms. The van der Waals surface area contributed by atoms with Gasteiger partial charge in [-0.1, -0.05) is 74.6 Å². The van der Waals surface area contributed by atoms with Gasteiger partial charge in [-0.25, -0.2) is 8.78 Å². The molecule has 0 bridgehead atoms. The zero-order valence-corrected chi connectivity index (χ0v) is 20.9. The monoisotopic (exact) mass is 514 g/mol. The Morgan fingerprint density at radius 3 is 2.32 bits per heavy atom. The van der Waals surface area contributed by atoms with E-state index in [2.05, 4.69) is 31.2 Å². The van der Waals surface area contributed by atoms with E-state index in [-0.39, 0.29) is 5.39 Å². The van der Waals surface area contributed by atoms with Crippen LogP contribution in [0.3, 0.4) is 0 Å². The minimum Gasteiger partial charge on any atom is -0.378 e. The molecule has 1 aliphatic rings. The van der Waals surface area contributed by atoms with Crippen LogP contribution in [-0.2, 0) is 17.6 Å². The maximum absolute atomic E-state index is 14.7. The standard InChI is InChI=1S/C31H31F5O/c1-2-3-4-5-26-14-13-24(20-37-26)23-11-8-21(9-12-23)6-7-22-10-15-27-25(18-22)19-29(32)28(30(27)33)16-17-31(34,35)36/h8-12,15,18-19,24,26H,2-7,13-14,20H2,1H3. The van der Waals surface area contributed by atoms with Gasteiger partial charge in [0, 0.05) is 17.2 Å². The van der Waals surface area contributed by atoms with Crippen molar-refractivity contribution in [3.63, 3.8) is 0 Å². The zero-order valence-electron chi connectivity index (χ0n) is 20.9. The van der Waals surface area contributed by atoms with Crippen molar-refractivity contribution in [2.75, 3.05) is 6.61 Å². The molecule has 1 fully saturated rings. The summed E-state index contributed by atoms with van der Waals surface area (Å²) in [4.78, 5) is 0. The van der Waals surface area contributed by atoms with Crippen LogP contribution in [0.15, 0.2) is 48.5 Å². The number of unbranched alkanes of at least 4 members (excludes halogenated alkanes) is 2. The first-order chi connectivity index (χ1) is 17.7. The quantitative estimate of drug-likeness (QED) is 0.166. The van der Waals surface area contributed by atoms with Crippen LogP contribution in [0.4, 0.5) is 22.0 Å². The van der Waals surface area contributed by atoms with E-state index in [1.54, 1.807) is 18.1 Å². The Bertz CT molecular complexity index is 1260. The second-order valence-electron chi connectivity index (χ2n) is 9.82. The molecule has 0 N–H and O–H groups in total. The summed E-state index contributed by atoms with van der Waals surface area (Å²) in [6.07, 6.45) is 4.12. The van der Waals surface area contributed by atoms with E-state index in [1.807, 2.05) is 0 Å². The Labute approximate surface area is 215 Å². The lowest BCUT2D eigenvalue weighted by Gasteiger charge is -2.29. The van der Waals surface area contributed by atoms with Gasteiger partial charge < -0.3 is 4.74 Å². The molecule has 0 aliphatic carbocycles. The molecule has 1 nitrogen and oxygen atoms in total. The Kier molecular flexibility index (Phi) is 8.87. The predicted octanol–water partition coefficient (Wildman–Crippen LogP) is 8.66. The van der Waals surface area contributed by atoms with Gasteiger partial charge in [0.25, 0.3) is 0 Å². The van der Waals surface area contributed by atoms with Gasteiger partial charge in [-0.3, -0.25) is 0 Å². The van der Waals surface area contributed by atoms with Crippen molar-refractivity contribution >= 4 is 10.8 Å². The topological polar surface area (TPSA) is 9.23 Å². The molecular weight excluding hydrogens is 483 g/mol. The van der Waals surface area contributed by atoms with Crippen molar-refractivity contribution in [3.05, 3.63) is 82.4 Å². The Hall–Kier alpha value is -2.91. The van der Waals surface area contributed by atoms with Crippen LogP contribution in [0.1, 0.15) is 73.6 Å². The number of ether oxygens (including phenoxy) is 1. The second-order valence-corrected chi connectivity index (χ2v) is 9.82. The van der Waals surface area contributed by atoms with Crippen LogP contribution >= 0.6 is 0 Å². The number of benzene rings is 3. The summed E-state index contributed by atoms with van der Waals surface area (Å²) in [6.45, 7) is 2.98. The minimum absolute atomic E-state index is 0.0447. The maximum Gasteiger partial charge on any atom is 0.458 e. The van der Waals surface area contributed by atoms with E-state index >= 15 is 0 Å². The molecule has 196 valence electrons. The van der Waals surface area contributed by atoms with Gasteiger partial charge in [0.05, 0.1) is 18.3 Å². The molecule has 4 rings (SSSR count). The fraction of sp³-hybridized carbons (Fsp3) is 0.419. The highest BCUT2D eigenvalue weighted by atomic mass is 19.4. The minimum atomic E-state index is -4.82. The van der Waals surface area contributed by atoms with Gasteiger partial charge in [0.1, 0.15) is 11.6 Å². The normalized spacial score (nSPS) is 18.0. The van der Waals surface area contributed by atoms with Crippen LogP contribution < -0.4 is 0 Å². The summed E-state index contributed by atoms with van der Waals surface area (Å²) >= 11 is 0. The van der Waals surface area contributed by atoms with Crippen molar-refractivity contribution in [2.45, 2.75) is 76.5 Å². The summed E-state index contributed by atoms with van der Waals surface area (Å²) in [5, 5.41) is 0.342. The number of alkyl halides is 3. The Morgan fingerprint density at radius 1 is 0.919 bits per heavy atom. The first-order valence-corrected chi connectivity index (χ1v) is 12.9. The van der Waals surface area contributed by atoms with Crippen LogP contribution in [-0.4, -0.2) is 18.9 Å². The van der Waals surface area contributed by atoms with Crippen molar-refractivity contribution in [1.29, 1.82) is 0 Å². The van der Waals surface area contributed by atoms with E-state index in [4.69, 9.17) is 4.74 Å². The lowest BCUT2D eigenvalue weighted by atomic mass is 9.89. The third-order valence-corrected chi connectivity index (χ3v) is 7.08. The highest BCUT2D eigenvalue weighted by Gasteiger charge is 2.24. The molecule has 3 aromatic carbocycles. The molecule has 0 radical (unpaired) electrons. The van der Waals surface area contributed by atoms with Crippen LogP contribution in [0, 0.1) is 23.5 Å². The fourth-order valence-corrected chi connectivity index (χ4v) is 4.95. The first-order valence-electron chi connectivity index (χ1n) is 12.9. The molecule has 2 atom stereocenters. The first kappa shape index (κ1) is 27.1. The van der Waals surface area contributed by atoms with E-state index in [0.29, 0.717) is 23.8 Å². The largest absolute Gasteiger partial charge is 0.458 e. The van der Waals surface area contributed by atoms with Gasteiger partial charge in [0.2, 0.25) is 0 Å². The highest BCUT2D eigenvalue weighted by molar-refractivity contribution is 5.85. The van der Waals surface area contributed by atoms with Gasteiger partial charge in [0.15, 0.2) is 0 Å². The molecule has 2 unspecified atom stereocenters. The lowest BCUT2D eigenvalue weighted by Crippen LogP contribution is -2.24. The van der Waals surface area contributed by atoms with Gasteiger partial charge in [-0.05, 0) is 60.2 Å². The molecule has 1 heterocycles. The van der Waals surface area contributed by atoms with Crippen LogP contribution in [0.25, 0.3) is 10.8 Å². The number of rotatable bonds is 8. The van der Waals surface area contributed by atoms with Crippen molar-refractivity contribution in [3.8, 4) is 11.8 Å². The summed E-state index contributed by atoms with van der Waals surface area (Å²) in [5.74, 6) is 0.760. The molecule has 3 aromatic rings. The molecule has 1 aliphatic heterocycles. The highest BCUT2D eigenvalue weighted by Crippen LogP contribution is 2.31. The van der Waals surface area contributed by atoms with Crippen molar-refractivity contribution < 1.29 is 26.7 Å². The number of hydrogen-bond donors (Lipinski definition) is 0. The fourth-order valence-electron chi connectivity index (χ4n) is 4.95. The molecule has 0 saturated carbocycles. The average Bonchev–Trinajstić information content (AvgIpc) is 2.87. The van der Waals surface area contributed by atoms with E-state index in [1.165, 1.54) is 30.9 Å². The maximum atomic E-state index is 14.7. The Balaban J connectivity index is 1.36. The average molecular weight is 515 g/mol. The third kappa shape index (κ3) is 7.32. The molecule has 1 saturated heterocycles. The van der Waals surface area contributed by atoms with Crippen LogP contribution in [0.2, 0.25) is 0 Å². The zero-order chi connectivity index (χ0) is 26.4. The second kappa shape index (κ2) is 12.1. The van der Waals surface area contributed by atoms with E-state index in [0.717, 1.165) is 55.4 Å². The summed E-state index contributed by atoms with van der Waals surface area (Å²) in [7, 11) is 0. The molecule has 0 aromatic heterocycles. The lowest BCUT2D eigenvalue weighted by molar-refractivity contribution is -0.0696. The molecular formula is C31H31F5O. The molecule has 37 heavy (non-hydrogen) atoms. The SMILES string of the molecule is CCCCCC1CCC(c2ccc(CCc3ccc4c(F)c(C#CC(F)(F)F)c(F)cc4c3)cc2)CO1. The summed E-state index contributed by atoms with van der Waals surface area (Å²) < 4.78 is 72.1. The van der Waals surface area contributed by atoms with E-state index in [9.17, 15) is 22.0 Å². The Morgan fingerprint density at radius 2 is 1.65 bits per heavy atom. The molecule has 0 amide bonds. The third-order valence-electron chi connectivity index (χ3n) is 7.08. The predicted molar refractivity (Wildman–Crippen MR) is 137 cm³/mol. The number of halogens is 5. The van der Waals surface area contributed by atoms with Crippen molar-refractivity contribution in [1.82, 2.24) is 0 Å². The smallest absolute Gasteiger partial charge is 0.378 e. The summed E-state index contributed by atoms with van der Waals surface area (Å²) in [6, 6.07) is 14.5. The van der Waals surface area contributed by atoms with Gasteiger partial charge in [-0.15, -0.1) is 0 Å².